The Bertz CT molecular complexity index is 1060. The number of rotatable bonds is 6. The lowest BCUT2D eigenvalue weighted by atomic mass is 10.1. The first-order chi connectivity index (χ1) is 12.8. The highest BCUT2D eigenvalue weighted by atomic mass is 32.1. The van der Waals surface area contributed by atoms with Gasteiger partial charge in [-0.05, 0) is 43.8 Å². The Morgan fingerprint density at radius 3 is 2.74 bits per heavy atom. The molecule has 0 spiro atoms. The van der Waals surface area contributed by atoms with Crippen LogP contribution in [0.4, 0.5) is 0 Å². The lowest BCUT2D eigenvalue weighted by molar-refractivity contribution is -0.156. The number of pyridine rings is 1. The van der Waals surface area contributed by atoms with Gasteiger partial charge >= 0.3 is 5.97 Å². The van der Waals surface area contributed by atoms with Gasteiger partial charge in [-0.1, -0.05) is 13.0 Å². The molecule has 1 aromatic carbocycles. The molecule has 6 nitrogen and oxygen atoms in total. The molecule has 3 aromatic rings. The summed E-state index contributed by atoms with van der Waals surface area (Å²) in [5.41, 5.74) is 0.374. The smallest absolute Gasteiger partial charge is 0.308 e. The average Bonchev–Trinajstić information content (AvgIpc) is 3.11. The lowest BCUT2D eigenvalue weighted by Gasteiger charge is -2.23. The molecule has 0 bridgehead atoms. The van der Waals surface area contributed by atoms with Crippen LogP contribution in [-0.2, 0) is 9.53 Å². The SMILES string of the molecule is CCC(C)(C)OC(=O)CCNC(=O)c1ccc2c(c1)[nH]c(=O)c1ccsc12. The molecule has 0 fully saturated rings. The van der Waals surface area contributed by atoms with Gasteiger partial charge in [-0.3, -0.25) is 14.4 Å². The van der Waals surface area contributed by atoms with Gasteiger partial charge < -0.3 is 15.0 Å². The fourth-order valence-corrected chi connectivity index (χ4v) is 3.62. The standard InChI is InChI=1S/C20H22N2O4S/c1-4-20(2,3)26-16(23)7-9-21-18(24)12-5-6-13-15(11-12)22-19(25)14-8-10-27-17(13)14/h5-6,8,10-11H,4,7,9H2,1-3H3,(H,21,24)(H,22,25). The first-order valence-corrected chi connectivity index (χ1v) is 9.72. The number of fused-ring (bicyclic) bond motifs is 3. The largest absolute Gasteiger partial charge is 0.460 e. The van der Waals surface area contributed by atoms with E-state index in [0.717, 1.165) is 16.5 Å². The molecule has 0 aliphatic carbocycles. The van der Waals surface area contributed by atoms with Crippen LogP contribution >= 0.6 is 11.3 Å². The molecule has 0 aliphatic rings. The Balaban J connectivity index is 1.68. The van der Waals surface area contributed by atoms with Gasteiger partial charge in [0.25, 0.3) is 11.5 Å². The first-order valence-electron chi connectivity index (χ1n) is 8.84. The van der Waals surface area contributed by atoms with E-state index in [1.165, 1.54) is 11.3 Å². The van der Waals surface area contributed by atoms with Gasteiger partial charge in [0, 0.05) is 22.2 Å². The van der Waals surface area contributed by atoms with Gasteiger partial charge in [-0.25, -0.2) is 0 Å². The predicted molar refractivity (Wildman–Crippen MR) is 107 cm³/mol. The van der Waals surface area contributed by atoms with Crippen molar-refractivity contribution >= 4 is 44.2 Å². The molecule has 1 amide bonds. The molecule has 142 valence electrons. The summed E-state index contributed by atoms with van der Waals surface area (Å²) >= 11 is 1.50. The Hall–Kier alpha value is -2.67. The van der Waals surface area contributed by atoms with Crippen molar-refractivity contribution in [2.45, 2.75) is 39.2 Å². The van der Waals surface area contributed by atoms with Gasteiger partial charge in [-0.2, -0.15) is 0 Å². The van der Waals surface area contributed by atoms with E-state index in [1.807, 2.05) is 32.2 Å². The molecular formula is C20H22N2O4S. The Kier molecular flexibility index (Phi) is 5.32. The van der Waals surface area contributed by atoms with Gasteiger partial charge in [0.2, 0.25) is 0 Å². The van der Waals surface area contributed by atoms with Gasteiger partial charge in [0.05, 0.1) is 17.3 Å². The molecule has 0 atom stereocenters. The molecule has 0 saturated carbocycles. The van der Waals surface area contributed by atoms with Crippen LogP contribution < -0.4 is 10.9 Å². The van der Waals surface area contributed by atoms with E-state index in [1.54, 1.807) is 18.2 Å². The fraction of sp³-hybridized carbons (Fsp3) is 0.350. The third kappa shape index (κ3) is 4.19. The molecule has 3 rings (SSSR count). The van der Waals surface area contributed by atoms with Crippen molar-refractivity contribution in [1.29, 1.82) is 0 Å². The first kappa shape index (κ1) is 19.1. The van der Waals surface area contributed by atoms with Crippen molar-refractivity contribution in [1.82, 2.24) is 10.3 Å². The highest BCUT2D eigenvalue weighted by Crippen LogP contribution is 2.26. The van der Waals surface area contributed by atoms with Crippen molar-refractivity contribution in [2.75, 3.05) is 6.54 Å². The average molecular weight is 386 g/mol. The van der Waals surface area contributed by atoms with Crippen molar-refractivity contribution in [2.24, 2.45) is 0 Å². The van der Waals surface area contributed by atoms with Crippen LogP contribution in [0.1, 0.15) is 44.0 Å². The van der Waals surface area contributed by atoms with E-state index in [2.05, 4.69) is 10.3 Å². The van der Waals surface area contributed by atoms with Crippen LogP contribution in [0.15, 0.2) is 34.4 Å². The Labute approximate surface area is 160 Å². The summed E-state index contributed by atoms with van der Waals surface area (Å²) in [6.45, 7) is 5.84. The third-order valence-electron chi connectivity index (χ3n) is 4.54. The number of hydrogen-bond donors (Lipinski definition) is 2. The van der Waals surface area contributed by atoms with E-state index in [-0.39, 0.29) is 30.4 Å². The summed E-state index contributed by atoms with van der Waals surface area (Å²) in [5.74, 6) is -0.642. The number of aromatic nitrogens is 1. The Morgan fingerprint density at radius 2 is 2.00 bits per heavy atom. The predicted octanol–water partition coefficient (Wildman–Crippen LogP) is 3.59. The number of amides is 1. The molecule has 0 saturated heterocycles. The molecule has 2 N–H and O–H groups in total. The second-order valence-electron chi connectivity index (χ2n) is 6.97. The summed E-state index contributed by atoms with van der Waals surface area (Å²) in [4.78, 5) is 39.1. The maximum Gasteiger partial charge on any atom is 0.308 e. The minimum absolute atomic E-state index is 0.107. The minimum Gasteiger partial charge on any atom is -0.460 e. The second kappa shape index (κ2) is 7.52. The van der Waals surface area contributed by atoms with Crippen molar-refractivity contribution in [3.05, 3.63) is 45.6 Å². The quantitative estimate of drug-likeness (QED) is 0.634. The zero-order valence-electron chi connectivity index (χ0n) is 15.5. The summed E-state index contributed by atoms with van der Waals surface area (Å²) in [6.07, 6.45) is 0.827. The number of thiophene rings is 1. The number of esters is 1. The van der Waals surface area contributed by atoms with E-state index in [4.69, 9.17) is 4.74 Å². The Morgan fingerprint density at radius 1 is 1.22 bits per heavy atom. The number of aromatic amines is 1. The van der Waals surface area contributed by atoms with E-state index in [0.29, 0.717) is 16.5 Å². The van der Waals surface area contributed by atoms with Crippen LogP contribution in [0.25, 0.3) is 21.0 Å². The lowest BCUT2D eigenvalue weighted by Crippen LogP contribution is -2.30. The van der Waals surface area contributed by atoms with E-state index in [9.17, 15) is 14.4 Å². The molecule has 0 unspecified atom stereocenters. The minimum atomic E-state index is -0.502. The van der Waals surface area contributed by atoms with Gasteiger partial charge in [0.15, 0.2) is 0 Å². The summed E-state index contributed by atoms with van der Waals surface area (Å²) < 4.78 is 6.25. The van der Waals surface area contributed by atoms with E-state index < -0.39 is 5.60 Å². The topological polar surface area (TPSA) is 88.3 Å². The van der Waals surface area contributed by atoms with Crippen LogP contribution in [-0.4, -0.2) is 29.0 Å². The van der Waals surface area contributed by atoms with Crippen LogP contribution in [0.3, 0.4) is 0 Å². The molecular weight excluding hydrogens is 364 g/mol. The molecule has 0 aliphatic heterocycles. The number of ether oxygens (including phenoxy) is 1. The zero-order valence-corrected chi connectivity index (χ0v) is 16.4. The maximum atomic E-state index is 12.4. The summed E-state index contributed by atoms with van der Waals surface area (Å²) in [5, 5.41) is 6.15. The van der Waals surface area contributed by atoms with Gasteiger partial charge in [-0.15, -0.1) is 11.3 Å². The monoisotopic (exact) mass is 386 g/mol. The number of nitrogens with one attached hydrogen (secondary N) is 2. The van der Waals surface area contributed by atoms with Crippen LogP contribution in [0.2, 0.25) is 0 Å². The number of carbonyl (C=O) groups is 2. The molecule has 2 aromatic heterocycles. The van der Waals surface area contributed by atoms with Crippen molar-refractivity contribution in [3.63, 3.8) is 0 Å². The highest BCUT2D eigenvalue weighted by Gasteiger charge is 2.20. The summed E-state index contributed by atoms with van der Waals surface area (Å²) in [7, 11) is 0. The fourth-order valence-electron chi connectivity index (χ4n) is 2.68. The molecule has 7 heteroatoms. The van der Waals surface area contributed by atoms with Crippen LogP contribution in [0, 0.1) is 0 Å². The summed E-state index contributed by atoms with van der Waals surface area (Å²) in [6, 6.07) is 6.99. The maximum absolute atomic E-state index is 12.4. The molecule has 0 radical (unpaired) electrons. The van der Waals surface area contributed by atoms with E-state index >= 15 is 0 Å². The zero-order chi connectivity index (χ0) is 19.6. The third-order valence-corrected chi connectivity index (χ3v) is 5.49. The van der Waals surface area contributed by atoms with Gasteiger partial charge in [0.1, 0.15) is 5.60 Å². The van der Waals surface area contributed by atoms with Crippen molar-refractivity contribution in [3.8, 4) is 0 Å². The number of hydrogen-bond acceptors (Lipinski definition) is 5. The number of carbonyl (C=O) groups excluding carboxylic acids is 2. The normalized spacial score (nSPS) is 11.7. The second-order valence-corrected chi connectivity index (χ2v) is 7.89. The molecule has 27 heavy (non-hydrogen) atoms. The van der Waals surface area contributed by atoms with Crippen molar-refractivity contribution < 1.29 is 14.3 Å². The molecule has 2 heterocycles. The highest BCUT2D eigenvalue weighted by molar-refractivity contribution is 7.18. The number of benzene rings is 1. The van der Waals surface area contributed by atoms with Crippen LogP contribution in [0.5, 0.6) is 0 Å². The number of H-pyrrole nitrogens is 1.